The van der Waals surface area contributed by atoms with Crippen LogP contribution >= 0.6 is 0 Å². The average Bonchev–Trinajstić information content (AvgIpc) is 2.18. The maximum absolute atomic E-state index is 5.27. The Morgan fingerprint density at radius 1 is 1.46 bits per heavy atom. The minimum Gasteiger partial charge on any atom is -0.496 e. The Balaban J connectivity index is 2.93. The SMILES string of the molecule is C#CCC(C)c1ccccc1OC. The molecule has 0 aliphatic heterocycles. The van der Waals surface area contributed by atoms with Crippen molar-refractivity contribution in [2.24, 2.45) is 0 Å². The Kier molecular flexibility index (Phi) is 3.40. The fraction of sp³-hybridized carbons (Fsp3) is 0.333. The standard InChI is InChI=1S/C12H14O/c1-4-7-10(2)11-8-5-6-9-12(11)13-3/h1,5-6,8-10H,7H2,2-3H3. The molecule has 0 fully saturated rings. The summed E-state index contributed by atoms with van der Waals surface area (Å²) < 4.78 is 5.24. The molecule has 1 aromatic rings. The zero-order valence-electron chi connectivity index (χ0n) is 8.08. The normalized spacial score (nSPS) is 11.8. The largest absolute Gasteiger partial charge is 0.496 e. The highest BCUT2D eigenvalue weighted by atomic mass is 16.5. The second-order valence-electron chi connectivity index (χ2n) is 3.05. The van der Waals surface area contributed by atoms with Gasteiger partial charge in [-0.1, -0.05) is 25.1 Å². The van der Waals surface area contributed by atoms with Crippen molar-refractivity contribution in [3.8, 4) is 18.1 Å². The first-order chi connectivity index (χ1) is 6.29. The molecule has 0 saturated carbocycles. The van der Waals surface area contributed by atoms with Gasteiger partial charge >= 0.3 is 0 Å². The summed E-state index contributed by atoms with van der Waals surface area (Å²) in [6.45, 7) is 2.11. The van der Waals surface area contributed by atoms with Gasteiger partial charge in [-0.25, -0.2) is 0 Å². The molecular weight excluding hydrogens is 160 g/mol. The van der Waals surface area contributed by atoms with Crippen molar-refractivity contribution >= 4 is 0 Å². The molecule has 68 valence electrons. The molecule has 0 amide bonds. The molecule has 0 bridgehead atoms. The predicted octanol–water partition coefficient (Wildman–Crippen LogP) is 2.82. The highest BCUT2D eigenvalue weighted by molar-refractivity contribution is 5.36. The van der Waals surface area contributed by atoms with E-state index >= 15 is 0 Å². The lowest BCUT2D eigenvalue weighted by Crippen LogP contribution is -1.96. The Hall–Kier alpha value is -1.42. The molecule has 0 aromatic heterocycles. The molecule has 0 spiro atoms. The molecule has 0 aliphatic rings. The summed E-state index contributed by atoms with van der Waals surface area (Å²) in [6, 6.07) is 7.99. The zero-order valence-corrected chi connectivity index (χ0v) is 8.08. The summed E-state index contributed by atoms with van der Waals surface area (Å²) in [4.78, 5) is 0. The highest BCUT2D eigenvalue weighted by Gasteiger charge is 2.08. The highest BCUT2D eigenvalue weighted by Crippen LogP contribution is 2.27. The average molecular weight is 174 g/mol. The number of hydrogen-bond donors (Lipinski definition) is 0. The summed E-state index contributed by atoms with van der Waals surface area (Å²) >= 11 is 0. The molecule has 0 saturated heterocycles. The van der Waals surface area contributed by atoms with Gasteiger partial charge in [0.15, 0.2) is 0 Å². The van der Waals surface area contributed by atoms with Crippen LogP contribution in [-0.2, 0) is 0 Å². The third kappa shape index (κ3) is 2.26. The molecule has 1 aromatic carbocycles. The van der Waals surface area contributed by atoms with E-state index in [0.29, 0.717) is 5.92 Å². The summed E-state index contributed by atoms with van der Waals surface area (Å²) in [5, 5.41) is 0. The molecule has 0 radical (unpaired) electrons. The fourth-order valence-electron chi connectivity index (χ4n) is 1.36. The van der Waals surface area contributed by atoms with Crippen LogP contribution in [0.2, 0.25) is 0 Å². The van der Waals surface area contributed by atoms with Gasteiger partial charge in [0.25, 0.3) is 0 Å². The van der Waals surface area contributed by atoms with Crippen LogP contribution in [0.1, 0.15) is 24.8 Å². The maximum Gasteiger partial charge on any atom is 0.122 e. The van der Waals surface area contributed by atoms with Crippen molar-refractivity contribution in [1.82, 2.24) is 0 Å². The van der Waals surface area contributed by atoms with Crippen LogP contribution in [0.4, 0.5) is 0 Å². The monoisotopic (exact) mass is 174 g/mol. The third-order valence-corrected chi connectivity index (χ3v) is 2.09. The first-order valence-corrected chi connectivity index (χ1v) is 4.36. The van der Waals surface area contributed by atoms with Crippen LogP contribution in [0.15, 0.2) is 24.3 Å². The molecule has 0 N–H and O–H groups in total. The number of rotatable bonds is 3. The van der Waals surface area contributed by atoms with E-state index in [0.717, 1.165) is 12.2 Å². The van der Waals surface area contributed by atoms with Crippen LogP contribution in [0.25, 0.3) is 0 Å². The molecule has 1 nitrogen and oxygen atoms in total. The number of terminal acetylenes is 1. The van der Waals surface area contributed by atoms with Crippen molar-refractivity contribution in [2.75, 3.05) is 7.11 Å². The van der Waals surface area contributed by atoms with Crippen molar-refractivity contribution in [3.63, 3.8) is 0 Å². The fourth-order valence-corrected chi connectivity index (χ4v) is 1.36. The molecule has 0 heterocycles. The summed E-state index contributed by atoms with van der Waals surface area (Å²) in [5.74, 6) is 3.95. The lowest BCUT2D eigenvalue weighted by Gasteiger charge is -2.12. The van der Waals surface area contributed by atoms with Crippen molar-refractivity contribution in [2.45, 2.75) is 19.3 Å². The van der Waals surface area contributed by atoms with Gasteiger partial charge in [-0.05, 0) is 17.5 Å². The number of para-hydroxylation sites is 1. The minimum absolute atomic E-state index is 0.362. The van der Waals surface area contributed by atoms with Crippen LogP contribution in [0, 0.1) is 12.3 Å². The van der Waals surface area contributed by atoms with E-state index in [1.807, 2.05) is 18.2 Å². The summed E-state index contributed by atoms with van der Waals surface area (Å²) in [6.07, 6.45) is 6.02. The molecular formula is C12H14O. The van der Waals surface area contributed by atoms with Gasteiger partial charge < -0.3 is 4.74 Å². The summed E-state index contributed by atoms with van der Waals surface area (Å²) in [5.41, 5.74) is 1.18. The first-order valence-electron chi connectivity index (χ1n) is 4.36. The molecule has 1 unspecified atom stereocenters. The molecule has 1 heteroatoms. The summed E-state index contributed by atoms with van der Waals surface area (Å²) in [7, 11) is 1.68. The van der Waals surface area contributed by atoms with Crippen LogP contribution in [0.5, 0.6) is 5.75 Å². The number of methoxy groups -OCH3 is 1. The van der Waals surface area contributed by atoms with E-state index in [2.05, 4.69) is 18.9 Å². The van der Waals surface area contributed by atoms with Gasteiger partial charge in [-0.2, -0.15) is 0 Å². The topological polar surface area (TPSA) is 9.23 Å². The van der Waals surface area contributed by atoms with Crippen molar-refractivity contribution in [3.05, 3.63) is 29.8 Å². The van der Waals surface area contributed by atoms with Crippen molar-refractivity contribution < 1.29 is 4.74 Å². The first kappa shape index (κ1) is 9.67. The van der Waals surface area contributed by atoms with E-state index in [1.54, 1.807) is 7.11 Å². The van der Waals surface area contributed by atoms with Gasteiger partial charge in [-0.3, -0.25) is 0 Å². The Morgan fingerprint density at radius 3 is 2.77 bits per heavy atom. The maximum atomic E-state index is 5.27. The van der Waals surface area contributed by atoms with Crippen LogP contribution in [-0.4, -0.2) is 7.11 Å². The molecule has 0 aliphatic carbocycles. The van der Waals surface area contributed by atoms with Gasteiger partial charge in [0.1, 0.15) is 5.75 Å². The van der Waals surface area contributed by atoms with E-state index in [4.69, 9.17) is 11.2 Å². The van der Waals surface area contributed by atoms with Crippen molar-refractivity contribution in [1.29, 1.82) is 0 Å². The predicted molar refractivity (Wildman–Crippen MR) is 54.9 cm³/mol. The van der Waals surface area contributed by atoms with E-state index in [1.165, 1.54) is 5.56 Å². The number of benzene rings is 1. The third-order valence-electron chi connectivity index (χ3n) is 2.09. The Morgan fingerprint density at radius 2 is 2.15 bits per heavy atom. The zero-order chi connectivity index (χ0) is 9.68. The lowest BCUT2D eigenvalue weighted by atomic mass is 9.97. The Bertz CT molecular complexity index is 309. The molecule has 13 heavy (non-hydrogen) atoms. The molecule has 1 rings (SSSR count). The lowest BCUT2D eigenvalue weighted by molar-refractivity contribution is 0.406. The van der Waals surface area contributed by atoms with Gasteiger partial charge in [-0.15, -0.1) is 12.3 Å². The Labute approximate surface area is 79.7 Å². The minimum atomic E-state index is 0.362. The molecule has 1 atom stereocenters. The van der Waals surface area contributed by atoms with Crippen LogP contribution < -0.4 is 4.74 Å². The van der Waals surface area contributed by atoms with E-state index in [-0.39, 0.29) is 0 Å². The smallest absolute Gasteiger partial charge is 0.122 e. The number of hydrogen-bond acceptors (Lipinski definition) is 1. The van der Waals surface area contributed by atoms with E-state index < -0.39 is 0 Å². The van der Waals surface area contributed by atoms with Gasteiger partial charge in [0, 0.05) is 6.42 Å². The van der Waals surface area contributed by atoms with Gasteiger partial charge in [0.2, 0.25) is 0 Å². The van der Waals surface area contributed by atoms with E-state index in [9.17, 15) is 0 Å². The van der Waals surface area contributed by atoms with Gasteiger partial charge in [0.05, 0.1) is 7.11 Å². The second kappa shape index (κ2) is 4.57. The quantitative estimate of drug-likeness (QED) is 0.640. The number of ether oxygens (including phenoxy) is 1. The van der Waals surface area contributed by atoms with Crippen LogP contribution in [0.3, 0.4) is 0 Å². The second-order valence-corrected chi connectivity index (χ2v) is 3.05.